The molecule has 2 aromatic heterocycles. The van der Waals surface area contributed by atoms with E-state index in [0.29, 0.717) is 23.5 Å². The molecule has 6 heteroatoms. The molecule has 2 N–H and O–H groups in total. The van der Waals surface area contributed by atoms with E-state index in [0.717, 1.165) is 17.0 Å². The SMILES string of the molecule is CCc1nnc(C)cc1C(=O)Nc1n[nH]c(C)c1C. The molecule has 19 heavy (non-hydrogen) atoms. The number of aromatic nitrogens is 4. The molecule has 0 atom stereocenters. The minimum Gasteiger partial charge on any atom is -0.305 e. The van der Waals surface area contributed by atoms with Gasteiger partial charge < -0.3 is 5.32 Å². The van der Waals surface area contributed by atoms with Crippen molar-refractivity contribution in [1.29, 1.82) is 0 Å². The maximum atomic E-state index is 12.3. The van der Waals surface area contributed by atoms with Gasteiger partial charge in [-0.3, -0.25) is 9.89 Å². The number of aryl methyl sites for hydroxylation is 3. The summed E-state index contributed by atoms with van der Waals surface area (Å²) in [4.78, 5) is 12.3. The number of amides is 1. The zero-order valence-electron chi connectivity index (χ0n) is 11.5. The third-order valence-corrected chi connectivity index (χ3v) is 3.06. The fraction of sp³-hybridized carbons (Fsp3) is 0.385. The fourth-order valence-corrected chi connectivity index (χ4v) is 1.75. The van der Waals surface area contributed by atoms with Gasteiger partial charge in [-0.2, -0.15) is 15.3 Å². The smallest absolute Gasteiger partial charge is 0.258 e. The van der Waals surface area contributed by atoms with Crippen molar-refractivity contribution >= 4 is 11.7 Å². The van der Waals surface area contributed by atoms with Crippen molar-refractivity contribution in [2.75, 3.05) is 5.32 Å². The number of carbonyl (C=O) groups excluding carboxylic acids is 1. The lowest BCUT2D eigenvalue weighted by molar-refractivity contribution is 0.102. The zero-order chi connectivity index (χ0) is 14.0. The molecule has 0 unspecified atom stereocenters. The van der Waals surface area contributed by atoms with E-state index in [1.54, 1.807) is 6.07 Å². The van der Waals surface area contributed by atoms with Crippen molar-refractivity contribution in [2.24, 2.45) is 0 Å². The van der Waals surface area contributed by atoms with Crippen LogP contribution in [0.3, 0.4) is 0 Å². The van der Waals surface area contributed by atoms with Crippen molar-refractivity contribution in [1.82, 2.24) is 20.4 Å². The molecule has 2 rings (SSSR count). The number of nitrogens with zero attached hydrogens (tertiary/aromatic N) is 3. The molecule has 1 amide bonds. The Labute approximate surface area is 111 Å². The standard InChI is InChI=1S/C13H17N5O/c1-5-11-10(6-7(2)15-17-11)13(19)14-12-8(3)9(4)16-18-12/h6H,5H2,1-4H3,(H2,14,16,18,19). The van der Waals surface area contributed by atoms with E-state index >= 15 is 0 Å². The number of anilines is 1. The minimum absolute atomic E-state index is 0.204. The minimum atomic E-state index is -0.204. The van der Waals surface area contributed by atoms with E-state index in [1.165, 1.54) is 0 Å². The summed E-state index contributed by atoms with van der Waals surface area (Å²) in [6, 6.07) is 1.75. The lowest BCUT2D eigenvalue weighted by Gasteiger charge is -2.07. The Morgan fingerprint density at radius 3 is 2.63 bits per heavy atom. The maximum Gasteiger partial charge on any atom is 0.258 e. The molecule has 0 fully saturated rings. The van der Waals surface area contributed by atoms with Gasteiger partial charge in [-0.15, -0.1) is 0 Å². The molecule has 0 aromatic carbocycles. The summed E-state index contributed by atoms with van der Waals surface area (Å²) in [6.07, 6.45) is 0.661. The van der Waals surface area contributed by atoms with Crippen molar-refractivity contribution in [2.45, 2.75) is 34.1 Å². The van der Waals surface area contributed by atoms with Gasteiger partial charge in [0.2, 0.25) is 0 Å². The van der Waals surface area contributed by atoms with E-state index in [1.807, 2.05) is 27.7 Å². The highest BCUT2D eigenvalue weighted by molar-refractivity contribution is 6.04. The number of hydrogen-bond acceptors (Lipinski definition) is 4. The molecule has 0 radical (unpaired) electrons. The van der Waals surface area contributed by atoms with Gasteiger partial charge in [0.1, 0.15) is 0 Å². The highest BCUT2D eigenvalue weighted by Crippen LogP contribution is 2.16. The van der Waals surface area contributed by atoms with E-state index in [9.17, 15) is 4.79 Å². The van der Waals surface area contributed by atoms with Gasteiger partial charge in [0.15, 0.2) is 5.82 Å². The Balaban J connectivity index is 2.30. The molecule has 0 bridgehead atoms. The number of hydrogen-bond donors (Lipinski definition) is 2. The van der Waals surface area contributed by atoms with Gasteiger partial charge in [0, 0.05) is 11.3 Å². The Morgan fingerprint density at radius 1 is 1.32 bits per heavy atom. The van der Waals surface area contributed by atoms with Crippen LogP contribution < -0.4 is 5.32 Å². The molecule has 2 aromatic rings. The van der Waals surface area contributed by atoms with Gasteiger partial charge in [0.25, 0.3) is 5.91 Å². The molecule has 0 aliphatic carbocycles. The predicted octanol–water partition coefficient (Wildman–Crippen LogP) is 1.94. The van der Waals surface area contributed by atoms with Gasteiger partial charge >= 0.3 is 0 Å². The molecule has 0 aliphatic rings. The van der Waals surface area contributed by atoms with Crippen LogP contribution in [0.25, 0.3) is 0 Å². The first-order valence-electron chi connectivity index (χ1n) is 6.19. The van der Waals surface area contributed by atoms with E-state index in [4.69, 9.17) is 0 Å². The van der Waals surface area contributed by atoms with Crippen LogP contribution in [0.1, 0.15) is 39.9 Å². The number of aromatic amines is 1. The molecule has 0 saturated carbocycles. The highest BCUT2D eigenvalue weighted by Gasteiger charge is 2.15. The van der Waals surface area contributed by atoms with Crippen LogP contribution >= 0.6 is 0 Å². The molecule has 0 aliphatic heterocycles. The molecule has 100 valence electrons. The number of nitrogens with one attached hydrogen (secondary N) is 2. The second kappa shape index (κ2) is 5.17. The van der Waals surface area contributed by atoms with Gasteiger partial charge in [-0.1, -0.05) is 6.92 Å². The normalized spacial score (nSPS) is 10.5. The van der Waals surface area contributed by atoms with Crippen molar-refractivity contribution in [3.05, 3.63) is 34.3 Å². The molecule has 0 spiro atoms. The lowest BCUT2D eigenvalue weighted by Crippen LogP contribution is -2.17. The second-order valence-electron chi connectivity index (χ2n) is 4.48. The van der Waals surface area contributed by atoms with Crippen molar-refractivity contribution < 1.29 is 4.79 Å². The monoisotopic (exact) mass is 259 g/mol. The van der Waals surface area contributed by atoms with Gasteiger partial charge in [-0.05, 0) is 33.3 Å². The first-order valence-corrected chi connectivity index (χ1v) is 6.19. The molecular formula is C13H17N5O. The molecule has 0 saturated heterocycles. The predicted molar refractivity (Wildman–Crippen MR) is 72.2 cm³/mol. The fourth-order valence-electron chi connectivity index (χ4n) is 1.75. The van der Waals surface area contributed by atoms with Crippen LogP contribution in [0.5, 0.6) is 0 Å². The summed E-state index contributed by atoms with van der Waals surface area (Å²) >= 11 is 0. The Morgan fingerprint density at radius 2 is 2.05 bits per heavy atom. The van der Waals surface area contributed by atoms with Crippen molar-refractivity contribution in [3.8, 4) is 0 Å². The van der Waals surface area contributed by atoms with Crippen LogP contribution in [0.15, 0.2) is 6.07 Å². The van der Waals surface area contributed by atoms with E-state index < -0.39 is 0 Å². The molecular weight excluding hydrogens is 242 g/mol. The van der Waals surface area contributed by atoms with Gasteiger partial charge in [0.05, 0.1) is 17.0 Å². The van der Waals surface area contributed by atoms with E-state index in [2.05, 4.69) is 25.7 Å². The summed E-state index contributed by atoms with van der Waals surface area (Å²) in [6.45, 7) is 7.58. The number of carbonyl (C=O) groups is 1. The first kappa shape index (κ1) is 13.2. The lowest BCUT2D eigenvalue weighted by atomic mass is 10.1. The summed E-state index contributed by atoms with van der Waals surface area (Å²) in [5.41, 5.74) is 3.83. The summed E-state index contributed by atoms with van der Waals surface area (Å²) < 4.78 is 0. The highest BCUT2D eigenvalue weighted by atomic mass is 16.1. The second-order valence-corrected chi connectivity index (χ2v) is 4.48. The number of rotatable bonds is 3. The van der Waals surface area contributed by atoms with Crippen LogP contribution in [-0.4, -0.2) is 26.3 Å². The number of H-pyrrole nitrogens is 1. The van der Waals surface area contributed by atoms with Crippen LogP contribution in [-0.2, 0) is 6.42 Å². The Kier molecular flexibility index (Phi) is 3.59. The largest absolute Gasteiger partial charge is 0.305 e. The van der Waals surface area contributed by atoms with Crippen LogP contribution in [0, 0.1) is 20.8 Å². The average Bonchev–Trinajstić information content (AvgIpc) is 2.70. The summed E-state index contributed by atoms with van der Waals surface area (Å²) in [7, 11) is 0. The van der Waals surface area contributed by atoms with Gasteiger partial charge in [-0.25, -0.2) is 0 Å². The van der Waals surface area contributed by atoms with Crippen LogP contribution in [0.4, 0.5) is 5.82 Å². The quantitative estimate of drug-likeness (QED) is 0.882. The van der Waals surface area contributed by atoms with Crippen molar-refractivity contribution in [3.63, 3.8) is 0 Å². The Hall–Kier alpha value is -2.24. The molecule has 2 heterocycles. The zero-order valence-corrected chi connectivity index (χ0v) is 11.5. The maximum absolute atomic E-state index is 12.3. The topological polar surface area (TPSA) is 83.6 Å². The molecule has 6 nitrogen and oxygen atoms in total. The third-order valence-electron chi connectivity index (χ3n) is 3.06. The summed E-state index contributed by atoms with van der Waals surface area (Å²) in [5, 5.41) is 17.7. The summed E-state index contributed by atoms with van der Waals surface area (Å²) in [5.74, 6) is 0.350. The van der Waals surface area contributed by atoms with E-state index in [-0.39, 0.29) is 5.91 Å². The third kappa shape index (κ3) is 2.62. The average molecular weight is 259 g/mol. The Bertz CT molecular complexity index is 617. The first-order chi connectivity index (χ1) is 9.02. The van der Waals surface area contributed by atoms with Crippen LogP contribution in [0.2, 0.25) is 0 Å².